The first-order chi connectivity index (χ1) is 9.63. The van der Waals surface area contributed by atoms with Gasteiger partial charge in [-0.1, -0.05) is 0 Å². The molecule has 2 rings (SSSR count). The summed E-state index contributed by atoms with van der Waals surface area (Å²) < 4.78 is 38.0. The first-order valence-electron chi connectivity index (χ1n) is 6.22. The number of benzene rings is 2. The number of halogens is 2. The van der Waals surface area contributed by atoms with Gasteiger partial charge in [-0.3, -0.25) is 0 Å². The van der Waals surface area contributed by atoms with Crippen molar-refractivity contribution in [3.05, 3.63) is 53.6 Å². The Morgan fingerprint density at radius 1 is 1.00 bits per heavy atom. The zero-order valence-electron chi connectivity index (χ0n) is 11.0. The molecular formula is C15H15F2NO2. The van der Waals surface area contributed by atoms with Gasteiger partial charge in [0.05, 0.1) is 6.61 Å². The minimum atomic E-state index is -0.778. The van der Waals surface area contributed by atoms with E-state index in [0.717, 1.165) is 12.1 Å². The highest BCUT2D eigenvalue weighted by Gasteiger charge is 2.13. The van der Waals surface area contributed by atoms with E-state index in [-0.39, 0.29) is 6.54 Å². The summed E-state index contributed by atoms with van der Waals surface area (Å²) in [6, 6.07) is 8.83. The molecule has 20 heavy (non-hydrogen) atoms. The fraction of sp³-hybridized carbons (Fsp3) is 0.200. The van der Waals surface area contributed by atoms with E-state index < -0.39 is 17.4 Å². The SMILES string of the molecule is CCOc1ccc(Oc2c(F)cc(CN)cc2F)cc1. The predicted octanol–water partition coefficient (Wildman–Crippen LogP) is 3.61. The molecule has 0 unspecified atom stereocenters. The van der Waals surface area contributed by atoms with Gasteiger partial charge in [-0.05, 0) is 48.9 Å². The molecule has 0 aliphatic rings. The maximum absolute atomic E-state index is 13.7. The summed E-state index contributed by atoms with van der Waals surface area (Å²) in [4.78, 5) is 0. The van der Waals surface area contributed by atoms with Gasteiger partial charge in [-0.25, -0.2) is 8.78 Å². The van der Waals surface area contributed by atoms with Gasteiger partial charge in [0.1, 0.15) is 11.5 Å². The van der Waals surface area contributed by atoms with Gasteiger partial charge in [0.25, 0.3) is 0 Å². The Morgan fingerprint density at radius 3 is 2.05 bits per heavy atom. The Kier molecular flexibility index (Phi) is 4.53. The fourth-order valence-electron chi connectivity index (χ4n) is 1.72. The van der Waals surface area contributed by atoms with Crippen LogP contribution in [-0.4, -0.2) is 6.61 Å². The van der Waals surface area contributed by atoms with Gasteiger partial charge >= 0.3 is 0 Å². The summed E-state index contributed by atoms with van der Waals surface area (Å²) >= 11 is 0. The van der Waals surface area contributed by atoms with Gasteiger partial charge < -0.3 is 15.2 Å². The standard InChI is InChI=1S/C15H15F2NO2/c1-2-19-11-3-5-12(6-4-11)20-15-13(16)7-10(9-18)8-14(15)17/h3-8H,2,9,18H2,1H3. The molecule has 0 aromatic heterocycles. The number of hydrogen-bond acceptors (Lipinski definition) is 3. The third-order valence-electron chi connectivity index (χ3n) is 2.65. The molecule has 2 N–H and O–H groups in total. The number of rotatable bonds is 5. The van der Waals surface area contributed by atoms with Crippen molar-refractivity contribution in [2.45, 2.75) is 13.5 Å². The lowest BCUT2D eigenvalue weighted by Gasteiger charge is -2.10. The topological polar surface area (TPSA) is 44.5 Å². The maximum atomic E-state index is 13.7. The smallest absolute Gasteiger partial charge is 0.198 e. The van der Waals surface area contributed by atoms with Crippen molar-refractivity contribution in [2.24, 2.45) is 5.73 Å². The molecule has 0 aliphatic heterocycles. The first kappa shape index (κ1) is 14.3. The quantitative estimate of drug-likeness (QED) is 0.909. The lowest BCUT2D eigenvalue weighted by atomic mass is 10.2. The zero-order chi connectivity index (χ0) is 14.5. The number of ether oxygens (including phenoxy) is 2. The van der Waals surface area contributed by atoms with Crippen LogP contribution < -0.4 is 15.2 Å². The normalized spacial score (nSPS) is 10.4. The second kappa shape index (κ2) is 6.34. The Bertz CT molecular complexity index is 562. The highest BCUT2D eigenvalue weighted by Crippen LogP contribution is 2.29. The van der Waals surface area contributed by atoms with Crippen LogP contribution in [0.5, 0.6) is 17.2 Å². The second-order valence-electron chi connectivity index (χ2n) is 4.10. The van der Waals surface area contributed by atoms with Crippen LogP contribution in [0.2, 0.25) is 0 Å². The van der Waals surface area contributed by atoms with E-state index in [2.05, 4.69) is 0 Å². The van der Waals surface area contributed by atoms with Crippen molar-refractivity contribution in [3.63, 3.8) is 0 Å². The summed E-state index contributed by atoms with van der Waals surface area (Å²) in [5.41, 5.74) is 5.72. The van der Waals surface area contributed by atoms with Crippen LogP contribution in [0.4, 0.5) is 8.78 Å². The summed E-state index contributed by atoms with van der Waals surface area (Å²) in [6.45, 7) is 2.48. The predicted molar refractivity (Wildman–Crippen MR) is 71.9 cm³/mol. The third-order valence-corrected chi connectivity index (χ3v) is 2.65. The lowest BCUT2D eigenvalue weighted by Crippen LogP contribution is -2.00. The van der Waals surface area contributed by atoms with Crippen molar-refractivity contribution >= 4 is 0 Å². The van der Waals surface area contributed by atoms with Crippen molar-refractivity contribution in [2.75, 3.05) is 6.61 Å². The molecule has 5 heteroatoms. The second-order valence-corrected chi connectivity index (χ2v) is 4.10. The van der Waals surface area contributed by atoms with Gasteiger partial charge in [-0.15, -0.1) is 0 Å². The van der Waals surface area contributed by atoms with Crippen LogP contribution in [0.25, 0.3) is 0 Å². The van der Waals surface area contributed by atoms with Crippen molar-refractivity contribution in [1.82, 2.24) is 0 Å². The zero-order valence-corrected chi connectivity index (χ0v) is 11.0. The molecule has 0 heterocycles. The molecule has 0 fully saturated rings. The van der Waals surface area contributed by atoms with E-state index in [9.17, 15) is 8.78 Å². The Balaban J connectivity index is 2.21. The third kappa shape index (κ3) is 3.24. The highest BCUT2D eigenvalue weighted by molar-refractivity contribution is 5.38. The molecule has 0 radical (unpaired) electrons. The van der Waals surface area contributed by atoms with E-state index in [1.807, 2.05) is 6.92 Å². The van der Waals surface area contributed by atoms with E-state index in [1.54, 1.807) is 24.3 Å². The van der Waals surface area contributed by atoms with Gasteiger partial charge in [0.15, 0.2) is 17.4 Å². The molecule has 2 aromatic rings. The molecule has 0 atom stereocenters. The minimum absolute atomic E-state index is 0.0666. The van der Waals surface area contributed by atoms with Crippen molar-refractivity contribution in [1.29, 1.82) is 0 Å². The molecule has 106 valence electrons. The number of nitrogens with two attached hydrogens (primary N) is 1. The van der Waals surface area contributed by atoms with Gasteiger partial charge in [0, 0.05) is 6.54 Å². The maximum Gasteiger partial charge on any atom is 0.198 e. The summed E-state index contributed by atoms with van der Waals surface area (Å²) in [5, 5.41) is 0. The lowest BCUT2D eigenvalue weighted by molar-refractivity contribution is 0.339. The van der Waals surface area contributed by atoms with E-state index in [4.69, 9.17) is 15.2 Å². The molecule has 0 spiro atoms. The summed E-state index contributed by atoms with van der Waals surface area (Å²) in [6.07, 6.45) is 0. The Labute approximate surface area is 115 Å². The van der Waals surface area contributed by atoms with Crippen molar-refractivity contribution < 1.29 is 18.3 Å². The van der Waals surface area contributed by atoms with E-state index >= 15 is 0 Å². The van der Waals surface area contributed by atoms with Crippen LogP contribution in [0, 0.1) is 11.6 Å². The minimum Gasteiger partial charge on any atom is -0.494 e. The Morgan fingerprint density at radius 2 is 1.55 bits per heavy atom. The van der Waals surface area contributed by atoms with Crippen LogP contribution in [0.15, 0.2) is 36.4 Å². The molecule has 2 aromatic carbocycles. The number of hydrogen-bond donors (Lipinski definition) is 1. The first-order valence-corrected chi connectivity index (χ1v) is 6.22. The van der Waals surface area contributed by atoms with Crippen molar-refractivity contribution in [3.8, 4) is 17.2 Å². The summed E-state index contributed by atoms with van der Waals surface area (Å²) in [7, 11) is 0. The van der Waals surface area contributed by atoms with Crippen LogP contribution in [-0.2, 0) is 6.54 Å². The average molecular weight is 279 g/mol. The summed E-state index contributed by atoms with van der Waals surface area (Å²) in [5.74, 6) is -1.00. The largest absolute Gasteiger partial charge is 0.494 e. The molecule has 0 aliphatic carbocycles. The molecular weight excluding hydrogens is 264 g/mol. The van der Waals surface area contributed by atoms with Crippen LogP contribution >= 0.6 is 0 Å². The van der Waals surface area contributed by atoms with E-state index in [0.29, 0.717) is 23.7 Å². The van der Waals surface area contributed by atoms with Gasteiger partial charge in [-0.2, -0.15) is 0 Å². The molecule has 0 saturated heterocycles. The average Bonchev–Trinajstić information content (AvgIpc) is 2.44. The fourth-order valence-corrected chi connectivity index (χ4v) is 1.72. The molecule has 0 bridgehead atoms. The van der Waals surface area contributed by atoms with Gasteiger partial charge in [0.2, 0.25) is 0 Å². The monoisotopic (exact) mass is 279 g/mol. The van der Waals surface area contributed by atoms with E-state index in [1.165, 1.54) is 0 Å². The molecule has 0 amide bonds. The Hall–Kier alpha value is -2.14. The highest BCUT2D eigenvalue weighted by atomic mass is 19.1. The van der Waals surface area contributed by atoms with Crippen LogP contribution in [0.1, 0.15) is 12.5 Å². The molecule has 3 nitrogen and oxygen atoms in total. The van der Waals surface area contributed by atoms with Crippen LogP contribution in [0.3, 0.4) is 0 Å². The molecule has 0 saturated carbocycles.